The Morgan fingerprint density at radius 1 is 0.848 bits per heavy atom. The van der Waals surface area contributed by atoms with E-state index < -0.39 is 0 Å². The van der Waals surface area contributed by atoms with Crippen LogP contribution in [0.4, 0.5) is 0 Å². The topological polar surface area (TPSA) is 52.7 Å². The van der Waals surface area contributed by atoms with Gasteiger partial charge < -0.3 is 10.2 Å². The van der Waals surface area contributed by atoms with Crippen molar-refractivity contribution in [1.82, 2.24) is 15.1 Å². The second-order valence-electron chi connectivity index (χ2n) is 9.88. The van der Waals surface area contributed by atoms with Crippen LogP contribution in [0, 0.1) is 5.92 Å². The molecule has 0 bridgehead atoms. The number of carbonyl (C=O) groups is 2. The fraction of sp³-hybridized carbons (Fsp3) is 0.500. The molecule has 5 heteroatoms. The lowest BCUT2D eigenvalue weighted by Gasteiger charge is -2.45. The summed E-state index contributed by atoms with van der Waals surface area (Å²) >= 11 is 0. The zero-order chi connectivity index (χ0) is 22.6. The lowest BCUT2D eigenvalue weighted by Crippen LogP contribution is -2.61. The molecule has 1 amide bonds. The summed E-state index contributed by atoms with van der Waals surface area (Å²) in [6.45, 7) is 5.64. The van der Waals surface area contributed by atoms with Crippen LogP contribution in [-0.4, -0.2) is 60.3 Å². The number of carbonyl (C=O) groups excluding carboxylic acids is 2. The molecule has 0 aromatic heterocycles. The molecule has 5 rings (SSSR count). The number of hydrogen-bond acceptors (Lipinski definition) is 4. The zero-order valence-corrected chi connectivity index (χ0v) is 19.5. The highest BCUT2D eigenvalue weighted by Gasteiger charge is 2.35. The van der Waals surface area contributed by atoms with E-state index in [0.29, 0.717) is 11.8 Å². The fourth-order valence-electron chi connectivity index (χ4n) is 5.61. The van der Waals surface area contributed by atoms with Gasteiger partial charge in [-0.2, -0.15) is 0 Å². The van der Waals surface area contributed by atoms with Crippen molar-refractivity contribution in [3.8, 4) is 0 Å². The molecule has 2 aromatic carbocycles. The van der Waals surface area contributed by atoms with Gasteiger partial charge in [0, 0.05) is 42.7 Å². The fourth-order valence-corrected chi connectivity index (χ4v) is 5.61. The summed E-state index contributed by atoms with van der Waals surface area (Å²) in [5, 5.41) is 3.39. The van der Waals surface area contributed by atoms with Gasteiger partial charge in [-0.1, -0.05) is 42.8 Å². The molecule has 3 aliphatic heterocycles. The third kappa shape index (κ3) is 5.04. The van der Waals surface area contributed by atoms with Gasteiger partial charge in [-0.15, -0.1) is 0 Å². The predicted molar refractivity (Wildman–Crippen MR) is 130 cm³/mol. The number of ketones is 1. The largest absolute Gasteiger partial charge is 0.335 e. The maximum absolute atomic E-state index is 13.0. The molecule has 0 spiro atoms. The first kappa shape index (κ1) is 22.3. The number of amides is 1. The Kier molecular flexibility index (Phi) is 6.88. The molecule has 2 saturated heterocycles. The van der Waals surface area contributed by atoms with Crippen molar-refractivity contribution >= 4 is 11.7 Å². The summed E-state index contributed by atoms with van der Waals surface area (Å²) in [7, 11) is 0. The van der Waals surface area contributed by atoms with Crippen LogP contribution >= 0.6 is 0 Å². The van der Waals surface area contributed by atoms with E-state index in [1.165, 1.54) is 11.1 Å². The number of benzene rings is 2. The molecule has 0 aliphatic carbocycles. The summed E-state index contributed by atoms with van der Waals surface area (Å²) in [6.07, 6.45) is 6.22. The lowest BCUT2D eigenvalue weighted by atomic mass is 9.89. The summed E-state index contributed by atoms with van der Waals surface area (Å²) < 4.78 is 0. The molecule has 1 atom stereocenters. The first-order valence-electron chi connectivity index (χ1n) is 12.6. The van der Waals surface area contributed by atoms with Gasteiger partial charge >= 0.3 is 0 Å². The van der Waals surface area contributed by atoms with Crippen molar-refractivity contribution in [1.29, 1.82) is 0 Å². The molecule has 0 radical (unpaired) electrons. The number of fused-ring (bicyclic) bond motifs is 1. The monoisotopic (exact) mass is 445 g/mol. The van der Waals surface area contributed by atoms with Crippen molar-refractivity contribution in [3.05, 3.63) is 70.8 Å². The summed E-state index contributed by atoms with van der Waals surface area (Å²) in [6, 6.07) is 16.4. The highest BCUT2D eigenvalue weighted by molar-refractivity contribution is 5.97. The Morgan fingerprint density at radius 3 is 2.48 bits per heavy atom. The smallest absolute Gasteiger partial charge is 0.253 e. The third-order valence-corrected chi connectivity index (χ3v) is 7.68. The van der Waals surface area contributed by atoms with Gasteiger partial charge in [0.1, 0.15) is 0 Å². The normalized spacial score (nSPS) is 22.4. The minimum atomic E-state index is 0.144. The van der Waals surface area contributed by atoms with E-state index in [0.717, 1.165) is 88.9 Å². The predicted octanol–water partition coefficient (Wildman–Crippen LogP) is 3.92. The lowest BCUT2D eigenvalue weighted by molar-refractivity contribution is 0.0256. The molecular weight excluding hydrogens is 410 g/mol. The average molecular weight is 446 g/mol. The highest BCUT2D eigenvalue weighted by atomic mass is 16.2. The van der Waals surface area contributed by atoms with Gasteiger partial charge in [-0.05, 0) is 75.0 Å². The second kappa shape index (κ2) is 10.2. The van der Waals surface area contributed by atoms with Crippen molar-refractivity contribution in [2.24, 2.45) is 5.92 Å². The van der Waals surface area contributed by atoms with Crippen molar-refractivity contribution in [3.63, 3.8) is 0 Å². The van der Waals surface area contributed by atoms with Gasteiger partial charge in [0.05, 0.1) is 0 Å². The van der Waals surface area contributed by atoms with Gasteiger partial charge in [-0.3, -0.25) is 14.5 Å². The molecule has 174 valence electrons. The maximum Gasteiger partial charge on any atom is 0.253 e. The minimum Gasteiger partial charge on any atom is -0.335 e. The van der Waals surface area contributed by atoms with Crippen LogP contribution in [0.1, 0.15) is 63.9 Å². The van der Waals surface area contributed by atoms with Crippen LogP contribution in [-0.2, 0) is 13.0 Å². The van der Waals surface area contributed by atoms with E-state index in [-0.39, 0.29) is 11.8 Å². The van der Waals surface area contributed by atoms with E-state index in [1.54, 1.807) is 0 Å². The van der Waals surface area contributed by atoms with Gasteiger partial charge in [0.25, 0.3) is 5.91 Å². The maximum atomic E-state index is 13.0. The molecule has 33 heavy (non-hydrogen) atoms. The average Bonchev–Trinajstić information content (AvgIpc) is 2.95. The van der Waals surface area contributed by atoms with Crippen LogP contribution in [0.5, 0.6) is 0 Å². The number of nitrogens with one attached hydrogen (secondary N) is 1. The van der Waals surface area contributed by atoms with Crippen LogP contribution in [0.15, 0.2) is 48.5 Å². The van der Waals surface area contributed by atoms with Crippen LogP contribution in [0.3, 0.4) is 0 Å². The van der Waals surface area contributed by atoms with Crippen LogP contribution in [0.2, 0.25) is 0 Å². The highest BCUT2D eigenvalue weighted by Crippen LogP contribution is 2.26. The minimum absolute atomic E-state index is 0.144. The Bertz CT molecular complexity index is 984. The molecule has 1 N–H and O–H groups in total. The molecule has 3 heterocycles. The molecule has 3 aliphatic rings. The second-order valence-corrected chi connectivity index (χ2v) is 9.88. The van der Waals surface area contributed by atoms with E-state index in [2.05, 4.69) is 22.3 Å². The Hall–Kier alpha value is -2.50. The molecular formula is C28H35N3O2. The number of likely N-dealkylation sites (tertiary alicyclic amines) is 1. The number of nitrogens with zero attached hydrogens (tertiary/aromatic N) is 2. The summed E-state index contributed by atoms with van der Waals surface area (Å²) in [4.78, 5) is 30.5. The SMILES string of the molecule is O=C(c1ccccc1)C1CCCCN(C2CN(C(=O)c3ccc4c(c3)CCNC4)C2)CCC1. The van der Waals surface area contributed by atoms with Crippen LogP contribution in [0.25, 0.3) is 0 Å². The number of Topliss-reactive ketones (excluding diaryl/α,β-unsaturated/α-hetero) is 1. The van der Waals surface area contributed by atoms with Crippen molar-refractivity contribution < 1.29 is 9.59 Å². The molecule has 0 saturated carbocycles. The van der Waals surface area contributed by atoms with E-state index in [9.17, 15) is 9.59 Å². The van der Waals surface area contributed by atoms with E-state index in [4.69, 9.17) is 0 Å². The standard InChI is InChI=1S/C28H35N3O2/c32-27(21-7-2-1-3-8-21)22-9-4-5-15-30(16-6-10-22)26-19-31(20-26)28(33)24-11-12-25-18-29-14-13-23(25)17-24/h1-3,7-8,11-12,17,22,26,29H,4-6,9-10,13-16,18-20H2. The molecule has 2 aromatic rings. The molecule has 1 unspecified atom stereocenters. The Balaban J connectivity index is 1.13. The van der Waals surface area contributed by atoms with Crippen LogP contribution < -0.4 is 5.32 Å². The van der Waals surface area contributed by atoms with Gasteiger partial charge in [-0.25, -0.2) is 0 Å². The van der Waals surface area contributed by atoms with Gasteiger partial charge in [0.2, 0.25) is 0 Å². The van der Waals surface area contributed by atoms with Crippen molar-refractivity contribution in [2.45, 2.75) is 51.1 Å². The first-order valence-corrected chi connectivity index (χ1v) is 12.6. The number of rotatable bonds is 4. The Morgan fingerprint density at radius 2 is 1.64 bits per heavy atom. The molecule has 2 fully saturated rings. The summed E-state index contributed by atoms with van der Waals surface area (Å²) in [5.41, 5.74) is 4.32. The Labute approximate surface area is 197 Å². The third-order valence-electron chi connectivity index (χ3n) is 7.68. The van der Waals surface area contributed by atoms with Crippen molar-refractivity contribution in [2.75, 3.05) is 32.7 Å². The summed E-state index contributed by atoms with van der Waals surface area (Å²) in [5.74, 6) is 0.627. The molecule has 5 nitrogen and oxygen atoms in total. The van der Waals surface area contributed by atoms with E-state index in [1.807, 2.05) is 41.3 Å². The first-order chi connectivity index (χ1) is 16.2. The quantitative estimate of drug-likeness (QED) is 0.725. The van der Waals surface area contributed by atoms with Gasteiger partial charge in [0.15, 0.2) is 5.78 Å². The van der Waals surface area contributed by atoms with E-state index >= 15 is 0 Å². The zero-order valence-electron chi connectivity index (χ0n) is 19.5. The number of hydrogen-bond donors (Lipinski definition) is 1.